The lowest BCUT2D eigenvalue weighted by Crippen LogP contribution is -2.51. The molecule has 4 N–H and O–H groups in total. The van der Waals surface area contributed by atoms with Crippen molar-refractivity contribution in [3.63, 3.8) is 0 Å². The first-order valence-corrected chi connectivity index (χ1v) is 14.1. The van der Waals surface area contributed by atoms with Crippen molar-refractivity contribution < 1.29 is 37.8 Å². The molecular weight excluding hydrogens is 526 g/mol. The number of hydrogen-bond acceptors (Lipinski definition) is 7. The number of carbonyl (C=O) groups excluding carboxylic acids is 2. The maximum atomic E-state index is 13.5. The highest BCUT2D eigenvalue weighted by Crippen LogP contribution is 2.20. The van der Waals surface area contributed by atoms with Crippen molar-refractivity contribution in [3.05, 3.63) is 65.7 Å². The van der Waals surface area contributed by atoms with E-state index < -0.39 is 50.9 Å². The minimum atomic E-state index is -4.09. The average molecular weight is 562 g/mol. The van der Waals surface area contributed by atoms with E-state index >= 15 is 0 Å². The lowest BCUT2D eigenvalue weighted by molar-refractivity contribution is -0.139. The van der Waals surface area contributed by atoms with Gasteiger partial charge in [0, 0.05) is 19.5 Å². The Balaban J connectivity index is 1.71. The first-order valence-electron chi connectivity index (χ1n) is 12.6. The van der Waals surface area contributed by atoms with Crippen LogP contribution in [-0.2, 0) is 37.2 Å². The minimum absolute atomic E-state index is 0.0285. The van der Waals surface area contributed by atoms with E-state index in [9.17, 15) is 33.0 Å². The van der Waals surface area contributed by atoms with Crippen molar-refractivity contribution >= 4 is 28.0 Å². The van der Waals surface area contributed by atoms with Gasteiger partial charge in [-0.05, 0) is 56.9 Å². The summed E-state index contributed by atoms with van der Waals surface area (Å²) in [5.41, 5.74) is 0.536. The van der Waals surface area contributed by atoms with Crippen LogP contribution < -0.4 is 10.0 Å². The number of benzene rings is 2. The second-order valence-corrected chi connectivity index (χ2v) is 12.5. The molecule has 0 saturated carbocycles. The number of aliphatic carboxylic acids is 1. The number of carboxylic acids is 1. The van der Waals surface area contributed by atoms with Crippen molar-refractivity contribution in [1.29, 1.82) is 0 Å². The molecule has 1 heterocycles. The van der Waals surface area contributed by atoms with Gasteiger partial charge in [-0.15, -0.1) is 0 Å². The summed E-state index contributed by atoms with van der Waals surface area (Å²) >= 11 is 0. The van der Waals surface area contributed by atoms with Crippen LogP contribution in [0.5, 0.6) is 5.75 Å². The standard InChI is InChI=1S/C27H35N3O8S/c1-27(2,3)38-26(35)28-22(15-19-9-11-20(31)12-10-19)24(32)30-14-13-21(17-30)39(36,37)29-23(25(33)34)16-18-7-5-4-6-8-18/h4-12,21-23,29,31H,13-17H2,1-3H3,(H,28,35)(H,33,34)/t21-,22+,23+/m1/s1. The summed E-state index contributed by atoms with van der Waals surface area (Å²) in [5.74, 6) is -1.75. The fourth-order valence-corrected chi connectivity index (χ4v) is 5.81. The summed E-state index contributed by atoms with van der Waals surface area (Å²) in [6, 6.07) is 12.4. The molecule has 2 aromatic carbocycles. The van der Waals surface area contributed by atoms with Gasteiger partial charge in [0.25, 0.3) is 0 Å². The molecule has 1 saturated heterocycles. The molecule has 1 fully saturated rings. The lowest BCUT2D eigenvalue weighted by atomic mass is 10.0. The predicted octanol–water partition coefficient (Wildman–Crippen LogP) is 2.04. The average Bonchev–Trinajstić information content (AvgIpc) is 3.35. The Bertz CT molecular complexity index is 1260. The Morgan fingerprint density at radius 2 is 1.59 bits per heavy atom. The van der Waals surface area contributed by atoms with E-state index in [-0.39, 0.29) is 38.1 Å². The number of nitrogens with zero attached hydrogens (tertiary/aromatic N) is 1. The molecule has 3 rings (SSSR count). The monoisotopic (exact) mass is 561 g/mol. The Kier molecular flexibility index (Phi) is 9.57. The van der Waals surface area contributed by atoms with Crippen molar-refractivity contribution in [2.24, 2.45) is 0 Å². The maximum Gasteiger partial charge on any atom is 0.408 e. The Labute approximate surface area is 228 Å². The van der Waals surface area contributed by atoms with Crippen LogP contribution in [0.4, 0.5) is 4.79 Å². The van der Waals surface area contributed by atoms with E-state index in [1.165, 1.54) is 17.0 Å². The van der Waals surface area contributed by atoms with Gasteiger partial charge in [-0.25, -0.2) is 17.9 Å². The Hall–Kier alpha value is -3.64. The minimum Gasteiger partial charge on any atom is -0.508 e. The molecule has 0 bridgehead atoms. The van der Waals surface area contributed by atoms with Crippen LogP contribution in [0.25, 0.3) is 0 Å². The quantitative estimate of drug-likeness (QED) is 0.343. The van der Waals surface area contributed by atoms with Crippen molar-refractivity contribution in [2.45, 2.75) is 63.0 Å². The van der Waals surface area contributed by atoms with E-state index in [0.717, 1.165) is 0 Å². The zero-order chi connectivity index (χ0) is 28.8. The normalized spacial score (nSPS) is 17.3. The van der Waals surface area contributed by atoms with Crippen LogP contribution in [-0.4, -0.2) is 77.5 Å². The topological polar surface area (TPSA) is 162 Å². The highest BCUT2D eigenvalue weighted by molar-refractivity contribution is 7.90. The molecule has 2 aromatic rings. The van der Waals surface area contributed by atoms with E-state index in [1.807, 2.05) is 0 Å². The number of phenols is 1. The summed E-state index contributed by atoms with van der Waals surface area (Å²) < 4.78 is 33.8. The Morgan fingerprint density at radius 3 is 2.18 bits per heavy atom. The van der Waals surface area contributed by atoms with Crippen LogP contribution in [0.1, 0.15) is 38.3 Å². The first-order chi connectivity index (χ1) is 18.2. The summed E-state index contributed by atoms with van der Waals surface area (Å²) in [7, 11) is -4.09. The number of ether oxygens (including phenoxy) is 1. The van der Waals surface area contributed by atoms with Gasteiger partial charge in [0.15, 0.2) is 0 Å². The third-order valence-corrected chi connectivity index (χ3v) is 8.02. The summed E-state index contributed by atoms with van der Waals surface area (Å²) in [6.07, 6.45) is -0.631. The molecule has 11 nitrogen and oxygen atoms in total. The summed E-state index contributed by atoms with van der Waals surface area (Å²) in [4.78, 5) is 39.1. The number of rotatable bonds is 10. The number of nitrogens with one attached hydrogen (secondary N) is 2. The van der Waals surface area contributed by atoms with E-state index in [0.29, 0.717) is 11.1 Å². The van der Waals surface area contributed by atoms with E-state index in [1.54, 1.807) is 63.2 Å². The van der Waals surface area contributed by atoms with Crippen LogP contribution in [0.2, 0.25) is 0 Å². The zero-order valence-electron chi connectivity index (χ0n) is 22.2. The number of aromatic hydroxyl groups is 1. The molecule has 2 amide bonds. The third kappa shape index (κ3) is 8.96. The fraction of sp³-hybridized carbons (Fsp3) is 0.444. The molecular formula is C27H35N3O8S. The van der Waals surface area contributed by atoms with Gasteiger partial charge >= 0.3 is 12.1 Å². The first kappa shape index (κ1) is 29.9. The van der Waals surface area contributed by atoms with Gasteiger partial charge in [0.05, 0.1) is 5.25 Å². The fourth-order valence-electron chi connectivity index (χ4n) is 4.24. The number of sulfonamides is 1. The second kappa shape index (κ2) is 12.5. The van der Waals surface area contributed by atoms with Crippen molar-refractivity contribution in [1.82, 2.24) is 14.9 Å². The highest BCUT2D eigenvalue weighted by Gasteiger charge is 2.39. The maximum absolute atomic E-state index is 13.5. The predicted molar refractivity (Wildman–Crippen MR) is 144 cm³/mol. The van der Waals surface area contributed by atoms with Gasteiger partial charge in [-0.1, -0.05) is 42.5 Å². The van der Waals surface area contributed by atoms with Crippen molar-refractivity contribution in [3.8, 4) is 5.75 Å². The number of carbonyl (C=O) groups is 3. The number of amides is 2. The molecule has 0 spiro atoms. The number of likely N-dealkylation sites (tertiary alicyclic amines) is 1. The summed E-state index contributed by atoms with van der Waals surface area (Å²) in [5, 5.41) is 20.7. The largest absolute Gasteiger partial charge is 0.508 e. The molecule has 0 aliphatic carbocycles. The molecule has 1 aliphatic rings. The second-order valence-electron chi connectivity index (χ2n) is 10.5. The van der Waals surface area contributed by atoms with Gasteiger partial charge in [-0.2, -0.15) is 0 Å². The number of carboxylic acid groups (broad SMARTS) is 1. The van der Waals surface area contributed by atoms with Gasteiger partial charge in [0.2, 0.25) is 15.9 Å². The number of phenolic OH excluding ortho intramolecular Hbond substituents is 1. The number of alkyl carbamates (subject to hydrolysis) is 1. The molecule has 0 radical (unpaired) electrons. The molecule has 0 aromatic heterocycles. The SMILES string of the molecule is CC(C)(C)OC(=O)N[C@@H](Cc1ccc(O)cc1)C(=O)N1CC[C@@H](S(=O)(=O)N[C@@H](Cc2ccccc2)C(=O)O)C1. The molecule has 12 heteroatoms. The lowest BCUT2D eigenvalue weighted by Gasteiger charge is -2.26. The molecule has 0 unspecified atom stereocenters. The van der Waals surface area contributed by atoms with Crippen molar-refractivity contribution in [2.75, 3.05) is 13.1 Å². The van der Waals surface area contributed by atoms with Gasteiger partial charge < -0.3 is 25.2 Å². The molecule has 212 valence electrons. The number of hydrogen-bond donors (Lipinski definition) is 4. The van der Waals surface area contributed by atoms with Gasteiger partial charge in [-0.3, -0.25) is 9.59 Å². The Morgan fingerprint density at radius 1 is 1.00 bits per heavy atom. The van der Waals surface area contributed by atoms with Crippen LogP contribution in [0.15, 0.2) is 54.6 Å². The van der Waals surface area contributed by atoms with Crippen LogP contribution >= 0.6 is 0 Å². The third-order valence-electron chi connectivity index (χ3n) is 6.15. The summed E-state index contributed by atoms with van der Waals surface area (Å²) in [6.45, 7) is 5.02. The van der Waals surface area contributed by atoms with E-state index in [2.05, 4.69) is 10.0 Å². The van der Waals surface area contributed by atoms with E-state index in [4.69, 9.17) is 4.74 Å². The zero-order valence-corrected chi connectivity index (χ0v) is 23.0. The molecule has 3 atom stereocenters. The highest BCUT2D eigenvalue weighted by atomic mass is 32.2. The van der Waals surface area contributed by atoms with Gasteiger partial charge in [0.1, 0.15) is 23.4 Å². The van der Waals surface area contributed by atoms with Crippen LogP contribution in [0, 0.1) is 0 Å². The molecule has 39 heavy (non-hydrogen) atoms. The smallest absolute Gasteiger partial charge is 0.408 e. The van der Waals surface area contributed by atoms with Crippen LogP contribution in [0.3, 0.4) is 0 Å². The molecule has 1 aliphatic heterocycles.